The van der Waals surface area contributed by atoms with E-state index in [4.69, 9.17) is 4.74 Å². The molecular weight excluding hydrogens is 384 g/mol. The van der Waals surface area contributed by atoms with Crippen molar-refractivity contribution in [3.05, 3.63) is 70.0 Å². The van der Waals surface area contributed by atoms with Crippen molar-refractivity contribution in [3.63, 3.8) is 0 Å². The fourth-order valence-corrected chi connectivity index (χ4v) is 4.17. The van der Waals surface area contributed by atoms with Crippen molar-refractivity contribution in [2.45, 2.75) is 25.7 Å². The highest BCUT2D eigenvalue weighted by atomic mass is 32.2. The molecule has 0 atom stereocenters. The van der Waals surface area contributed by atoms with Crippen LogP contribution < -0.4 is 15.2 Å². The number of thioether (sulfide) groups is 1. The zero-order valence-electron chi connectivity index (χ0n) is 16.3. The van der Waals surface area contributed by atoms with E-state index in [1.54, 1.807) is 4.57 Å². The van der Waals surface area contributed by atoms with Gasteiger partial charge in [-0.2, -0.15) is 5.26 Å². The minimum Gasteiger partial charge on any atom is -0.494 e. The maximum atomic E-state index is 13.1. The van der Waals surface area contributed by atoms with Crippen molar-refractivity contribution in [2.24, 2.45) is 0 Å². The van der Waals surface area contributed by atoms with Gasteiger partial charge in [0.1, 0.15) is 24.1 Å². The van der Waals surface area contributed by atoms with Gasteiger partial charge < -0.3 is 9.64 Å². The molecule has 0 aliphatic carbocycles. The molecule has 0 unspecified atom stereocenters. The third-order valence-corrected chi connectivity index (χ3v) is 5.76. The minimum atomic E-state index is -0.309. The van der Waals surface area contributed by atoms with E-state index in [-0.39, 0.29) is 11.1 Å². The summed E-state index contributed by atoms with van der Waals surface area (Å²) in [5, 5.41) is 10.3. The number of benzene rings is 2. The Kier molecular flexibility index (Phi) is 5.28. The number of anilines is 1. The van der Waals surface area contributed by atoms with Crippen molar-refractivity contribution in [1.82, 2.24) is 9.55 Å². The van der Waals surface area contributed by atoms with E-state index < -0.39 is 0 Å². The first-order valence-electron chi connectivity index (χ1n) is 9.33. The lowest BCUT2D eigenvalue weighted by Gasteiger charge is -2.31. The van der Waals surface area contributed by atoms with E-state index in [0.29, 0.717) is 30.0 Å². The summed E-state index contributed by atoms with van der Waals surface area (Å²) in [7, 11) is 0. The second-order valence-electron chi connectivity index (χ2n) is 6.71. The molecule has 146 valence electrons. The highest BCUT2D eigenvalue weighted by Gasteiger charge is 2.24. The highest BCUT2D eigenvalue weighted by Crippen LogP contribution is 2.30. The Bertz CT molecular complexity index is 1130. The molecule has 1 aromatic heterocycles. The van der Waals surface area contributed by atoms with Crippen LogP contribution in [0.5, 0.6) is 5.75 Å². The molecule has 0 saturated carbocycles. The van der Waals surface area contributed by atoms with Gasteiger partial charge in [0.05, 0.1) is 18.2 Å². The predicted octanol–water partition coefficient (Wildman–Crippen LogP) is 4.02. The number of ether oxygens (including phenoxy) is 1. The van der Waals surface area contributed by atoms with Crippen molar-refractivity contribution in [3.8, 4) is 23.1 Å². The van der Waals surface area contributed by atoms with Gasteiger partial charge in [-0.3, -0.25) is 9.36 Å². The standard InChI is InChI=1S/C22H20N4O2S/c1-3-28-18-10-8-17(9-11-18)25-13-26-21(27)19(12-23)20(24-22(26)29-14-25)16-6-4-15(2)5-7-16/h4-11H,3,13-14H2,1-2H3. The summed E-state index contributed by atoms with van der Waals surface area (Å²) in [5.41, 5.74) is 3.10. The summed E-state index contributed by atoms with van der Waals surface area (Å²) < 4.78 is 7.06. The number of fused-ring (bicyclic) bond motifs is 1. The van der Waals surface area contributed by atoms with E-state index in [2.05, 4.69) is 16.0 Å². The molecule has 0 fully saturated rings. The average molecular weight is 404 g/mol. The second kappa shape index (κ2) is 8.02. The lowest BCUT2D eigenvalue weighted by molar-refractivity contribution is 0.340. The molecule has 0 amide bonds. The van der Waals surface area contributed by atoms with Crippen molar-refractivity contribution >= 4 is 17.4 Å². The maximum Gasteiger partial charge on any atom is 0.274 e. The van der Waals surface area contributed by atoms with Crippen LogP contribution in [0.4, 0.5) is 5.69 Å². The Labute approximate surface area is 173 Å². The molecule has 0 spiro atoms. The van der Waals surface area contributed by atoms with Gasteiger partial charge in [0.2, 0.25) is 0 Å². The minimum absolute atomic E-state index is 0.0757. The van der Waals surface area contributed by atoms with Crippen LogP contribution >= 0.6 is 11.8 Å². The second-order valence-corrected chi connectivity index (χ2v) is 7.62. The van der Waals surface area contributed by atoms with Gasteiger partial charge in [-0.05, 0) is 38.1 Å². The third-order valence-electron chi connectivity index (χ3n) is 4.75. The molecule has 1 aliphatic rings. The lowest BCUT2D eigenvalue weighted by Crippen LogP contribution is -2.38. The molecule has 29 heavy (non-hydrogen) atoms. The predicted molar refractivity (Wildman–Crippen MR) is 114 cm³/mol. The lowest BCUT2D eigenvalue weighted by atomic mass is 10.1. The topological polar surface area (TPSA) is 71.2 Å². The van der Waals surface area contributed by atoms with Gasteiger partial charge in [0.15, 0.2) is 5.16 Å². The maximum absolute atomic E-state index is 13.1. The number of hydrogen-bond acceptors (Lipinski definition) is 6. The van der Waals surface area contributed by atoms with Crippen molar-refractivity contribution < 1.29 is 4.74 Å². The van der Waals surface area contributed by atoms with E-state index in [1.807, 2.05) is 62.4 Å². The van der Waals surface area contributed by atoms with Gasteiger partial charge in [-0.25, -0.2) is 4.98 Å². The Morgan fingerprint density at radius 3 is 2.55 bits per heavy atom. The molecule has 1 aliphatic heterocycles. The number of aromatic nitrogens is 2. The number of nitriles is 1. The first kappa shape index (κ1) is 19.1. The van der Waals surface area contributed by atoms with E-state index in [0.717, 1.165) is 22.6 Å². The molecular formula is C22H20N4O2S. The van der Waals surface area contributed by atoms with Crippen LogP contribution in [0.1, 0.15) is 18.1 Å². The van der Waals surface area contributed by atoms with Crippen LogP contribution in [-0.4, -0.2) is 22.0 Å². The smallest absolute Gasteiger partial charge is 0.274 e. The highest BCUT2D eigenvalue weighted by molar-refractivity contribution is 7.99. The Morgan fingerprint density at radius 1 is 1.17 bits per heavy atom. The Balaban J connectivity index is 1.69. The van der Waals surface area contributed by atoms with Crippen LogP contribution in [0.2, 0.25) is 0 Å². The summed E-state index contributed by atoms with van der Waals surface area (Å²) in [4.78, 5) is 19.8. The molecule has 6 nitrogen and oxygen atoms in total. The largest absolute Gasteiger partial charge is 0.494 e. The van der Waals surface area contributed by atoms with Crippen molar-refractivity contribution in [1.29, 1.82) is 5.26 Å². The van der Waals surface area contributed by atoms with Crippen LogP contribution in [0.25, 0.3) is 11.3 Å². The molecule has 0 bridgehead atoms. The van der Waals surface area contributed by atoms with Crippen LogP contribution in [0.3, 0.4) is 0 Å². The summed E-state index contributed by atoms with van der Waals surface area (Å²) in [6.07, 6.45) is 0. The molecule has 0 N–H and O–H groups in total. The third kappa shape index (κ3) is 3.71. The monoisotopic (exact) mass is 404 g/mol. The molecule has 0 radical (unpaired) electrons. The fourth-order valence-electron chi connectivity index (χ4n) is 3.21. The van der Waals surface area contributed by atoms with E-state index >= 15 is 0 Å². The number of rotatable bonds is 4. The summed E-state index contributed by atoms with van der Waals surface area (Å²) >= 11 is 1.49. The number of aryl methyl sites for hydroxylation is 1. The van der Waals surface area contributed by atoms with E-state index in [1.165, 1.54) is 11.8 Å². The summed E-state index contributed by atoms with van der Waals surface area (Å²) in [5.74, 6) is 1.48. The molecule has 3 aromatic rings. The Morgan fingerprint density at radius 2 is 1.90 bits per heavy atom. The van der Waals surface area contributed by atoms with Crippen LogP contribution in [0.15, 0.2) is 58.5 Å². The van der Waals surface area contributed by atoms with Gasteiger partial charge >= 0.3 is 0 Å². The summed E-state index contributed by atoms with van der Waals surface area (Å²) in [6.45, 7) is 4.91. The average Bonchev–Trinajstić information content (AvgIpc) is 2.75. The zero-order chi connectivity index (χ0) is 20.4. The fraction of sp³-hybridized carbons (Fsp3) is 0.227. The number of nitrogens with zero attached hydrogens (tertiary/aromatic N) is 4. The van der Waals surface area contributed by atoms with Crippen molar-refractivity contribution in [2.75, 3.05) is 17.4 Å². The van der Waals surface area contributed by atoms with E-state index in [9.17, 15) is 10.1 Å². The normalized spacial score (nSPS) is 12.9. The molecule has 2 aromatic carbocycles. The quantitative estimate of drug-likeness (QED) is 0.612. The first-order valence-corrected chi connectivity index (χ1v) is 10.3. The van der Waals surface area contributed by atoms with Crippen LogP contribution in [0, 0.1) is 18.3 Å². The molecule has 0 saturated heterocycles. The van der Waals surface area contributed by atoms with Gasteiger partial charge in [0.25, 0.3) is 5.56 Å². The molecule has 2 heterocycles. The zero-order valence-corrected chi connectivity index (χ0v) is 17.1. The van der Waals surface area contributed by atoms with Gasteiger partial charge in [-0.15, -0.1) is 0 Å². The first-order chi connectivity index (χ1) is 14.1. The summed E-state index contributed by atoms with van der Waals surface area (Å²) in [6, 6.07) is 17.5. The van der Waals surface area contributed by atoms with Gasteiger partial charge in [-0.1, -0.05) is 41.6 Å². The van der Waals surface area contributed by atoms with Gasteiger partial charge in [0, 0.05) is 11.3 Å². The molecule has 4 rings (SSSR count). The SMILES string of the molecule is CCOc1ccc(N2CSc3nc(-c4ccc(C)cc4)c(C#N)c(=O)n3C2)cc1. The Hall–Kier alpha value is -3.24. The van der Waals surface area contributed by atoms with Crippen LogP contribution in [-0.2, 0) is 6.67 Å². The molecule has 7 heteroatoms. The number of hydrogen-bond donors (Lipinski definition) is 0.